The third-order valence-electron chi connectivity index (χ3n) is 3.84. The summed E-state index contributed by atoms with van der Waals surface area (Å²) in [5.74, 6) is -5.08. The summed E-state index contributed by atoms with van der Waals surface area (Å²) in [4.78, 5) is 35.2. The lowest BCUT2D eigenvalue weighted by Gasteiger charge is -2.18. The molecule has 2 rings (SSSR count). The first kappa shape index (κ1) is 19.0. The smallest absolute Gasteiger partial charge is 0.336 e. The van der Waals surface area contributed by atoms with E-state index in [1.165, 1.54) is 6.07 Å². The molecule has 8 heteroatoms. The van der Waals surface area contributed by atoms with Crippen LogP contribution in [0.4, 0.5) is 14.5 Å². The molecule has 2 N–H and O–H groups in total. The van der Waals surface area contributed by atoms with Crippen molar-refractivity contribution in [3.05, 3.63) is 29.8 Å². The van der Waals surface area contributed by atoms with Crippen molar-refractivity contribution in [2.45, 2.75) is 38.9 Å². The summed E-state index contributed by atoms with van der Waals surface area (Å²) >= 11 is 0. The number of amides is 1. The summed E-state index contributed by atoms with van der Waals surface area (Å²) in [6.07, 6.45) is -2.20. The van der Waals surface area contributed by atoms with Crippen LogP contribution in [0.3, 0.4) is 0 Å². The Kier molecular flexibility index (Phi) is 5.84. The zero-order valence-electron chi connectivity index (χ0n) is 13.8. The van der Waals surface area contributed by atoms with Gasteiger partial charge in [-0.2, -0.15) is 0 Å². The summed E-state index contributed by atoms with van der Waals surface area (Å²) < 4.78 is 32.1. The first-order valence-electron chi connectivity index (χ1n) is 7.86. The van der Waals surface area contributed by atoms with E-state index in [0.717, 1.165) is 12.1 Å². The second-order valence-electron chi connectivity index (χ2n) is 6.40. The van der Waals surface area contributed by atoms with Gasteiger partial charge < -0.3 is 15.2 Å². The number of para-hydroxylation sites is 1. The lowest BCUT2D eigenvalue weighted by Crippen LogP contribution is -2.29. The maximum atomic E-state index is 13.7. The molecule has 25 heavy (non-hydrogen) atoms. The minimum absolute atomic E-state index is 0.0457. The number of epoxide rings is 1. The van der Waals surface area contributed by atoms with Crippen molar-refractivity contribution in [3.8, 4) is 0 Å². The normalized spacial score (nSPS) is 20.2. The number of carbonyl (C=O) groups is 3. The number of ketones is 1. The standard InChI is InChI=1S/C17H19F2NO5/c1-8(2)6-9(7-12(21)14-15(25-14)17(23)24)16(22)20-13-10(18)4-3-5-11(13)19/h3-5,8-9,14-15H,6-7H2,1-2H3,(H,20,22)(H,23,24)/t9-,14-,15+/m1/s1. The number of carbonyl (C=O) groups excluding carboxylic acids is 2. The van der Waals surface area contributed by atoms with E-state index < -0.39 is 53.1 Å². The highest BCUT2D eigenvalue weighted by Gasteiger charge is 2.50. The number of hydrogen-bond acceptors (Lipinski definition) is 4. The van der Waals surface area contributed by atoms with E-state index in [1.54, 1.807) is 0 Å². The van der Waals surface area contributed by atoms with Crippen LogP contribution in [0.25, 0.3) is 0 Å². The van der Waals surface area contributed by atoms with Crippen molar-refractivity contribution in [3.63, 3.8) is 0 Å². The number of Topliss-reactive ketones (excluding diaryl/α,β-unsaturated/α-hetero) is 1. The van der Waals surface area contributed by atoms with Crippen molar-refractivity contribution in [1.82, 2.24) is 0 Å². The number of rotatable bonds is 8. The van der Waals surface area contributed by atoms with Crippen molar-refractivity contribution in [2.24, 2.45) is 11.8 Å². The topological polar surface area (TPSA) is 96.0 Å². The minimum atomic E-state index is -1.24. The maximum Gasteiger partial charge on any atom is 0.336 e. The third kappa shape index (κ3) is 4.82. The molecule has 0 spiro atoms. The molecule has 0 aromatic heterocycles. The van der Waals surface area contributed by atoms with Crippen LogP contribution >= 0.6 is 0 Å². The second kappa shape index (κ2) is 7.69. The highest BCUT2D eigenvalue weighted by molar-refractivity contribution is 5.99. The highest BCUT2D eigenvalue weighted by atomic mass is 19.1. The number of carboxylic acids is 1. The van der Waals surface area contributed by atoms with Gasteiger partial charge >= 0.3 is 5.97 Å². The zero-order chi connectivity index (χ0) is 18.7. The van der Waals surface area contributed by atoms with Crippen molar-refractivity contribution in [2.75, 3.05) is 5.32 Å². The third-order valence-corrected chi connectivity index (χ3v) is 3.84. The molecule has 1 aromatic carbocycles. The minimum Gasteiger partial charge on any atom is -0.479 e. The molecular formula is C17H19F2NO5. The molecule has 1 aliphatic rings. The average Bonchev–Trinajstić information content (AvgIpc) is 3.30. The number of benzene rings is 1. The van der Waals surface area contributed by atoms with Gasteiger partial charge in [0.25, 0.3) is 0 Å². The van der Waals surface area contributed by atoms with E-state index in [2.05, 4.69) is 5.32 Å². The van der Waals surface area contributed by atoms with Crippen LogP contribution in [0.1, 0.15) is 26.7 Å². The Balaban J connectivity index is 2.07. The average molecular weight is 355 g/mol. The molecule has 1 saturated heterocycles. The Morgan fingerprint density at radius 1 is 1.20 bits per heavy atom. The lowest BCUT2D eigenvalue weighted by molar-refractivity contribution is -0.138. The largest absolute Gasteiger partial charge is 0.479 e. The fourth-order valence-corrected chi connectivity index (χ4v) is 2.60. The predicted molar refractivity (Wildman–Crippen MR) is 83.9 cm³/mol. The van der Waals surface area contributed by atoms with Gasteiger partial charge in [0.1, 0.15) is 17.3 Å². The summed E-state index contributed by atoms with van der Waals surface area (Å²) in [5, 5.41) is 11.0. The predicted octanol–water partition coefficient (Wildman–Crippen LogP) is 2.38. The number of aliphatic carboxylic acids is 1. The number of anilines is 1. The Morgan fingerprint density at radius 3 is 2.28 bits per heavy atom. The summed E-state index contributed by atoms with van der Waals surface area (Å²) in [5.41, 5.74) is -0.570. The Hall–Kier alpha value is -2.35. The van der Waals surface area contributed by atoms with Gasteiger partial charge in [-0.25, -0.2) is 13.6 Å². The van der Waals surface area contributed by atoms with Crippen LogP contribution in [0.2, 0.25) is 0 Å². The molecule has 6 nitrogen and oxygen atoms in total. The monoisotopic (exact) mass is 355 g/mol. The van der Waals surface area contributed by atoms with Crippen molar-refractivity contribution in [1.29, 1.82) is 0 Å². The first-order valence-corrected chi connectivity index (χ1v) is 7.86. The van der Waals surface area contributed by atoms with E-state index in [-0.39, 0.29) is 12.3 Å². The summed E-state index contributed by atoms with van der Waals surface area (Å²) in [6.45, 7) is 3.67. The molecule has 1 heterocycles. The Labute approximate surface area is 143 Å². The molecule has 3 atom stereocenters. The van der Waals surface area contributed by atoms with Crippen LogP contribution < -0.4 is 5.32 Å². The quantitative estimate of drug-likeness (QED) is 0.698. The Morgan fingerprint density at radius 2 is 1.80 bits per heavy atom. The fourth-order valence-electron chi connectivity index (χ4n) is 2.60. The molecule has 1 aliphatic heterocycles. The molecule has 1 aromatic rings. The van der Waals surface area contributed by atoms with Crippen LogP contribution in [-0.2, 0) is 19.1 Å². The molecule has 0 radical (unpaired) electrons. The molecule has 0 unspecified atom stereocenters. The van der Waals surface area contributed by atoms with E-state index >= 15 is 0 Å². The van der Waals surface area contributed by atoms with E-state index in [0.29, 0.717) is 6.42 Å². The Bertz CT molecular complexity index is 671. The van der Waals surface area contributed by atoms with Gasteiger partial charge in [-0.3, -0.25) is 9.59 Å². The second-order valence-corrected chi connectivity index (χ2v) is 6.40. The fraction of sp³-hybridized carbons (Fsp3) is 0.471. The van der Waals surface area contributed by atoms with Gasteiger partial charge in [-0.05, 0) is 24.5 Å². The molecule has 1 amide bonds. The van der Waals surface area contributed by atoms with E-state index in [4.69, 9.17) is 9.84 Å². The number of halogens is 2. The number of nitrogens with one attached hydrogen (secondary N) is 1. The number of carboxylic acid groups (broad SMARTS) is 1. The maximum absolute atomic E-state index is 13.7. The van der Waals surface area contributed by atoms with Gasteiger partial charge in [-0.1, -0.05) is 19.9 Å². The molecule has 0 saturated carbocycles. The van der Waals surface area contributed by atoms with Gasteiger partial charge in [0, 0.05) is 12.3 Å². The van der Waals surface area contributed by atoms with Crippen LogP contribution in [0.5, 0.6) is 0 Å². The first-order chi connectivity index (χ1) is 11.7. The van der Waals surface area contributed by atoms with Crippen molar-refractivity contribution < 1.29 is 33.0 Å². The van der Waals surface area contributed by atoms with E-state index in [1.807, 2.05) is 13.8 Å². The summed E-state index contributed by atoms with van der Waals surface area (Å²) in [6, 6.07) is 3.19. The van der Waals surface area contributed by atoms with Crippen LogP contribution in [0, 0.1) is 23.5 Å². The van der Waals surface area contributed by atoms with Crippen molar-refractivity contribution >= 4 is 23.3 Å². The molecular weight excluding hydrogens is 336 g/mol. The van der Waals surface area contributed by atoms with E-state index in [9.17, 15) is 23.2 Å². The van der Waals surface area contributed by atoms with Crippen LogP contribution in [-0.4, -0.2) is 35.0 Å². The lowest BCUT2D eigenvalue weighted by atomic mass is 9.90. The van der Waals surface area contributed by atoms with Gasteiger partial charge in [-0.15, -0.1) is 0 Å². The number of ether oxygens (including phenoxy) is 1. The zero-order valence-corrected chi connectivity index (χ0v) is 13.8. The molecule has 1 fully saturated rings. The highest BCUT2D eigenvalue weighted by Crippen LogP contribution is 2.28. The van der Waals surface area contributed by atoms with Crippen LogP contribution in [0.15, 0.2) is 18.2 Å². The molecule has 0 aliphatic carbocycles. The molecule has 136 valence electrons. The van der Waals surface area contributed by atoms with Gasteiger partial charge in [0.15, 0.2) is 18.0 Å². The number of hydrogen-bond donors (Lipinski definition) is 2. The van der Waals surface area contributed by atoms with Gasteiger partial charge in [0.05, 0.1) is 0 Å². The summed E-state index contributed by atoms with van der Waals surface area (Å²) in [7, 11) is 0. The molecule has 0 bridgehead atoms. The SMILES string of the molecule is CC(C)C[C@H](CC(=O)[C@H]1O[C@@H]1C(=O)O)C(=O)Nc1c(F)cccc1F. The van der Waals surface area contributed by atoms with Gasteiger partial charge in [0.2, 0.25) is 5.91 Å².